The van der Waals surface area contributed by atoms with Crippen LogP contribution in [0.25, 0.3) is 0 Å². The summed E-state index contributed by atoms with van der Waals surface area (Å²) in [5, 5.41) is 0. The van der Waals surface area contributed by atoms with Crippen molar-refractivity contribution < 1.29 is 18.8 Å². The van der Waals surface area contributed by atoms with E-state index in [-0.39, 0.29) is 24.4 Å². The molecule has 6 heteroatoms. The van der Waals surface area contributed by atoms with E-state index in [1.54, 1.807) is 6.20 Å². The molecular formula is C16H24BNO4. The van der Waals surface area contributed by atoms with Gasteiger partial charge in [0.2, 0.25) is 5.88 Å². The summed E-state index contributed by atoms with van der Waals surface area (Å²) in [6.45, 7) is 9.70. The largest absolute Gasteiger partial charge is 0.496 e. The summed E-state index contributed by atoms with van der Waals surface area (Å²) in [6, 6.07) is 3.85. The fourth-order valence-electron chi connectivity index (χ4n) is 2.54. The maximum atomic E-state index is 6.02. The quantitative estimate of drug-likeness (QED) is 0.799. The lowest BCUT2D eigenvalue weighted by molar-refractivity contribution is 0.00578. The molecule has 0 atom stereocenters. The monoisotopic (exact) mass is 305 g/mol. The van der Waals surface area contributed by atoms with Crippen molar-refractivity contribution in [2.75, 3.05) is 13.2 Å². The first kappa shape index (κ1) is 15.8. The zero-order valence-corrected chi connectivity index (χ0v) is 13.8. The van der Waals surface area contributed by atoms with Crippen molar-refractivity contribution >= 4 is 12.6 Å². The van der Waals surface area contributed by atoms with E-state index >= 15 is 0 Å². The minimum atomic E-state index is -0.380. The molecule has 0 bridgehead atoms. The summed E-state index contributed by atoms with van der Waals surface area (Å²) in [5.41, 5.74) is 0.238. The van der Waals surface area contributed by atoms with Gasteiger partial charge in [0.1, 0.15) is 6.10 Å². The normalized spacial score (nSPS) is 24.5. The number of hydrogen-bond donors (Lipinski definition) is 0. The molecule has 0 amide bonds. The summed E-state index contributed by atoms with van der Waals surface area (Å²) in [4.78, 5) is 4.39. The molecule has 22 heavy (non-hydrogen) atoms. The number of hydrogen-bond acceptors (Lipinski definition) is 5. The third-order valence-electron chi connectivity index (χ3n) is 4.74. The minimum absolute atomic E-state index is 0.198. The third kappa shape index (κ3) is 3.14. The molecule has 3 heterocycles. The van der Waals surface area contributed by atoms with Gasteiger partial charge in [0, 0.05) is 24.5 Å². The Morgan fingerprint density at radius 2 is 1.73 bits per heavy atom. The average molecular weight is 305 g/mol. The van der Waals surface area contributed by atoms with Gasteiger partial charge in [-0.05, 0) is 33.8 Å². The van der Waals surface area contributed by atoms with Gasteiger partial charge in [-0.3, -0.25) is 0 Å². The smallest absolute Gasteiger partial charge is 0.474 e. The Bertz CT molecular complexity index is 495. The molecule has 1 aromatic rings. The highest BCUT2D eigenvalue weighted by atomic mass is 16.7. The number of ether oxygens (including phenoxy) is 2. The first-order valence-corrected chi connectivity index (χ1v) is 7.93. The molecule has 2 aliphatic heterocycles. The van der Waals surface area contributed by atoms with Gasteiger partial charge in [0.25, 0.3) is 0 Å². The molecule has 0 radical (unpaired) electrons. The second-order valence-corrected chi connectivity index (χ2v) is 6.95. The van der Waals surface area contributed by atoms with Crippen LogP contribution < -0.4 is 10.2 Å². The average Bonchev–Trinajstić information content (AvgIpc) is 2.69. The van der Waals surface area contributed by atoms with Crippen molar-refractivity contribution in [3.8, 4) is 5.88 Å². The van der Waals surface area contributed by atoms with Gasteiger partial charge in [0.15, 0.2) is 0 Å². The highest BCUT2D eigenvalue weighted by Crippen LogP contribution is 2.36. The molecule has 2 fully saturated rings. The van der Waals surface area contributed by atoms with Crippen LogP contribution in [0.4, 0.5) is 0 Å². The summed E-state index contributed by atoms with van der Waals surface area (Å²) >= 11 is 0. The van der Waals surface area contributed by atoms with Gasteiger partial charge in [-0.1, -0.05) is 6.07 Å². The molecule has 2 aliphatic rings. The van der Waals surface area contributed by atoms with Gasteiger partial charge in [-0.2, -0.15) is 0 Å². The predicted octanol–water partition coefficient (Wildman–Crippen LogP) is 1.94. The Hall–Kier alpha value is -1.11. The number of nitrogens with zero attached hydrogens (tertiary/aromatic N) is 1. The standard InChI is InChI=1S/C16H24BNO4/c1-15(2)16(3,4)22-17(21-15)12-5-6-14(18-11-12)20-13-7-9-19-10-8-13/h5-6,11,13H,7-10H2,1-4H3. The maximum absolute atomic E-state index is 6.02. The van der Waals surface area contributed by atoms with Crippen LogP contribution in [0, 0.1) is 0 Å². The van der Waals surface area contributed by atoms with Crippen LogP contribution in [-0.2, 0) is 14.0 Å². The molecule has 3 rings (SSSR count). The van der Waals surface area contributed by atoms with E-state index in [1.165, 1.54) is 0 Å². The number of pyridine rings is 1. The first-order chi connectivity index (χ1) is 10.4. The minimum Gasteiger partial charge on any atom is -0.474 e. The van der Waals surface area contributed by atoms with Crippen LogP contribution in [-0.4, -0.2) is 42.6 Å². The summed E-state index contributed by atoms with van der Waals surface area (Å²) in [6.07, 6.45) is 3.81. The first-order valence-electron chi connectivity index (χ1n) is 7.93. The highest BCUT2D eigenvalue weighted by molar-refractivity contribution is 6.62. The van der Waals surface area contributed by atoms with Crippen LogP contribution in [0.5, 0.6) is 5.88 Å². The molecular weight excluding hydrogens is 281 g/mol. The lowest BCUT2D eigenvalue weighted by atomic mass is 9.80. The van der Waals surface area contributed by atoms with E-state index in [0.717, 1.165) is 31.5 Å². The van der Waals surface area contributed by atoms with E-state index in [4.69, 9.17) is 18.8 Å². The van der Waals surface area contributed by atoms with E-state index in [9.17, 15) is 0 Å². The molecule has 0 saturated carbocycles. The van der Waals surface area contributed by atoms with Crippen LogP contribution in [0.1, 0.15) is 40.5 Å². The Balaban J connectivity index is 1.65. The molecule has 5 nitrogen and oxygen atoms in total. The van der Waals surface area contributed by atoms with Crippen LogP contribution in [0.3, 0.4) is 0 Å². The Kier molecular flexibility index (Phi) is 4.18. The van der Waals surface area contributed by atoms with E-state index in [2.05, 4.69) is 4.98 Å². The van der Waals surface area contributed by atoms with Crippen molar-refractivity contribution in [1.82, 2.24) is 4.98 Å². The molecule has 0 N–H and O–H groups in total. The van der Waals surface area contributed by atoms with E-state index in [0.29, 0.717) is 5.88 Å². The van der Waals surface area contributed by atoms with Crippen molar-refractivity contribution in [2.45, 2.75) is 57.8 Å². The lowest BCUT2D eigenvalue weighted by Crippen LogP contribution is -2.41. The van der Waals surface area contributed by atoms with Crippen LogP contribution in [0.15, 0.2) is 18.3 Å². The molecule has 0 aromatic carbocycles. The highest BCUT2D eigenvalue weighted by Gasteiger charge is 2.51. The molecule has 0 spiro atoms. The zero-order valence-electron chi connectivity index (χ0n) is 13.8. The molecule has 120 valence electrons. The van der Waals surface area contributed by atoms with Crippen molar-refractivity contribution in [1.29, 1.82) is 0 Å². The predicted molar refractivity (Wildman–Crippen MR) is 84.4 cm³/mol. The fraction of sp³-hybridized carbons (Fsp3) is 0.688. The van der Waals surface area contributed by atoms with Gasteiger partial charge in [-0.25, -0.2) is 4.98 Å². The zero-order chi connectivity index (χ0) is 15.8. The summed E-state index contributed by atoms with van der Waals surface area (Å²) in [7, 11) is -0.380. The van der Waals surface area contributed by atoms with E-state index < -0.39 is 0 Å². The van der Waals surface area contributed by atoms with Crippen LogP contribution >= 0.6 is 0 Å². The van der Waals surface area contributed by atoms with Gasteiger partial charge < -0.3 is 18.8 Å². The van der Waals surface area contributed by atoms with Crippen molar-refractivity contribution in [2.24, 2.45) is 0 Å². The Morgan fingerprint density at radius 3 is 2.27 bits per heavy atom. The van der Waals surface area contributed by atoms with Gasteiger partial charge in [0.05, 0.1) is 24.4 Å². The van der Waals surface area contributed by atoms with Crippen molar-refractivity contribution in [3.05, 3.63) is 18.3 Å². The van der Waals surface area contributed by atoms with Crippen LogP contribution in [0.2, 0.25) is 0 Å². The lowest BCUT2D eigenvalue weighted by Gasteiger charge is -2.32. The Labute approximate surface area is 132 Å². The third-order valence-corrected chi connectivity index (χ3v) is 4.74. The second kappa shape index (κ2) is 5.83. The maximum Gasteiger partial charge on any atom is 0.496 e. The second-order valence-electron chi connectivity index (χ2n) is 6.95. The molecule has 0 aliphatic carbocycles. The molecule has 2 saturated heterocycles. The number of aromatic nitrogens is 1. The molecule has 1 aromatic heterocycles. The summed E-state index contributed by atoms with van der Waals surface area (Å²) in [5.74, 6) is 0.646. The van der Waals surface area contributed by atoms with E-state index in [1.807, 2.05) is 39.8 Å². The SMILES string of the molecule is CC1(C)OB(c2ccc(OC3CCOCC3)nc2)OC1(C)C. The molecule has 0 unspecified atom stereocenters. The van der Waals surface area contributed by atoms with Crippen molar-refractivity contribution in [3.63, 3.8) is 0 Å². The number of rotatable bonds is 3. The topological polar surface area (TPSA) is 49.8 Å². The van der Waals surface area contributed by atoms with Gasteiger partial charge >= 0.3 is 7.12 Å². The van der Waals surface area contributed by atoms with Gasteiger partial charge in [-0.15, -0.1) is 0 Å². The fourth-order valence-corrected chi connectivity index (χ4v) is 2.54. The summed E-state index contributed by atoms with van der Waals surface area (Å²) < 4.78 is 23.3. The Morgan fingerprint density at radius 1 is 1.09 bits per heavy atom.